The highest BCUT2D eigenvalue weighted by molar-refractivity contribution is 6.03. The van der Waals surface area contributed by atoms with Crippen LogP contribution in [0.15, 0.2) is 66.7 Å². The summed E-state index contributed by atoms with van der Waals surface area (Å²) in [7, 11) is 1.61. The van der Waals surface area contributed by atoms with Gasteiger partial charge < -0.3 is 15.4 Å². The monoisotopic (exact) mass is 393 g/mol. The minimum atomic E-state index is -0.482. The number of carbonyl (C=O) groups excluding carboxylic acids is 2. The molecule has 3 aromatic rings. The van der Waals surface area contributed by atoms with E-state index < -0.39 is 11.7 Å². The predicted molar refractivity (Wildman–Crippen MR) is 108 cm³/mol. The zero-order valence-electron chi connectivity index (χ0n) is 15.8. The lowest BCUT2D eigenvalue weighted by Crippen LogP contribution is -2.27. The maximum absolute atomic E-state index is 13.0. The number of nitrogens with zero attached hydrogens (tertiary/aromatic N) is 1. The number of benzene rings is 2. The van der Waals surface area contributed by atoms with Crippen molar-refractivity contribution in [2.75, 3.05) is 19.0 Å². The second-order valence-electron chi connectivity index (χ2n) is 6.22. The molecule has 3 rings (SSSR count). The molecule has 0 spiro atoms. The van der Waals surface area contributed by atoms with E-state index in [4.69, 9.17) is 4.74 Å². The van der Waals surface area contributed by atoms with Gasteiger partial charge in [-0.25, -0.2) is 9.37 Å². The lowest BCUT2D eigenvalue weighted by Gasteiger charge is -2.08. The Labute approximate surface area is 167 Å². The molecule has 0 bridgehead atoms. The molecule has 0 aliphatic carbocycles. The van der Waals surface area contributed by atoms with Crippen LogP contribution in [0.3, 0.4) is 0 Å². The average molecular weight is 393 g/mol. The van der Waals surface area contributed by atoms with Crippen LogP contribution in [-0.4, -0.2) is 30.5 Å². The molecule has 2 amide bonds. The maximum Gasteiger partial charge on any atom is 0.274 e. The molecule has 2 N–H and O–H groups in total. The largest absolute Gasteiger partial charge is 0.497 e. The van der Waals surface area contributed by atoms with Gasteiger partial charge >= 0.3 is 0 Å². The minimum absolute atomic E-state index is 0.0946. The first-order valence-corrected chi connectivity index (χ1v) is 9.00. The van der Waals surface area contributed by atoms with Crippen molar-refractivity contribution in [3.05, 3.63) is 89.5 Å². The summed E-state index contributed by atoms with van der Waals surface area (Å²) in [6.45, 7) is 0.429. The first kappa shape index (κ1) is 20.0. The summed E-state index contributed by atoms with van der Waals surface area (Å²) in [4.78, 5) is 28.8. The van der Waals surface area contributed by atoms with E-state index in [1.54, 1.807) is 13.2 Å². The van der Waals surface area contributed by atoms with Crippen LogP contribution in [0.1, 0.15) is 26.5 Å². The van der Waals surface area contributed by atoms with Crippen molar-refractivity contribution in [3.63, 3.8) is 0 Å². The van der Waals surface area contributed by atoms with Gasteiger partial charge in [-0.2, -0.15) is 0 Å². The van der Waals surface area contributed by atoms with Gasteiger partial charge in [0, 0.05) is 12.2 Å². The first-order chi connectivity index (χ1) is 14.0. The van der Waals surface area contributed by atoms with Crippen molar-refractivity contribution in [3.8, 4) is 5.75 Å². The zero-order valence-corrected chi connectivity index (χ0v) is 15.8. The van der Waals surface area contributed by atoms with Gasteiger partial charge in [0.1, 0.15) is 23.0 Å². The molecule has 1 aromatic heterocycles. The molecule has 0 fully saturated rings. The summed E-state index contributed by atoms with van der Waals surface area (Å²) in [6, 6.07) is 17.6. The third-order valence-corrected chi connectivity index (χ3v) is 4.17. The van der Waals surface area contributed by atoms with Crippen molar-refractivity contribution in [2.24, 2.45) is 0 Å². The standard InChI is InChI=1S/C22H20FN3O3/c1-29-18-11-5-15(6-12-18)13-14-24-21(27)19-3-2-4-20(26-19)22(28)25-17-9-7-16(23)8-10-17/h2-12H,13-14H2,1H3,(H,24,27)(H,25,28). The smallest absolute Gasteiger partial charge is 0.274 e. The Kier molecular flexibility index (Phi) is 6.52. The molecule has 0 aliphatic heterocycles. The number of pyridine rings is 1. The van der Waals surface area contributed by atoms with Gasteiger partial charge in [0.15, 0.2) is 0 Å². The van der Waals surface area contributed by atoms with Crippen LogP contribution in [0.4, 0.5) is 10.1 Å². The van der Waals surface area contributed by atoms with E-state index in [0.29, 0.717) is 18.7 Å². The summed E-state index contributed by atoms with van der Waals surface area (Å²) in [6.07, 6.45) is 0.653. The number of hydrogen-bond donors (Lipinski definition) is 2. The summed E-state index contributed by atoms with van der Waals surface area (Å²) in [5, 5.41) is 5.41. The van der Waals surface area contributed by atoms with Gasteiger partial charge in [-0.05, 0) is 60.5 Å². The number of methoxy groups -OCH3 is 1. The number of rotatable bonds is 7. The van der Waals surface area contributed by atoms with Crippen molar-refractivity contribution < 1.29 is 18.7 Å². The van der Waals surface area contributed by atoms with E-state index in [1.165, 1.54) is 36.4 Å². The Balaban J connectivity index is 1.56. The maximum atomic E-state index is 13.0. The van der Waals surface area contributed by atoms with Gasteiger partial charge in [0.25, 0.3) is 11.8 Å². The molecule has 0 atom stereocenters. The molecule has 0 radical (unpaired) electrons. The number of ether oxygens (including phenoxy) is 1. The summed E-state index contributed by atoms with van der Waals surface area (Å²) < 4.78 is 18.1. The SMILES string of the molecule is COc1ccc(CCNC(=O)c2cccc(C(=O)Nc3ccc(F)cc3)n2)cc1. The third-order valence-electron chi connectivity index (χ3n) is 4.17. The van der Waals surface area contributed by atoms with Crippen LogP contribution < -0.4 is 15.4 Å². The number of aromatic nitrogens is 1. The highest BCUT2D eigenvalue weighted by atomic mass is 19.1. The van der Waals surface area contributed by atoms with Crippen LogP contribution >= 0.6 is 0 Å². The van der Waals surface area contributed by atoms with Gasteiger partial charge in [-0.15, -0.1) is 0 Å². The van der Waals surface area contributed by atoms with Gasteiger partial charge in [0.05, 0.1) is 7.11 Å². The highest BCUT2D eigenvalue weighted by Crippen LogP contribution is 2.12. The topological polar surface area (TPSA) is 80.3 Å². The fourth-order valence-corrected chi connectivity index (χ4v) is 2.62. The molecule has 2 aromatic carbocycles. The molecular formula is C22H20FN3O3. The highest BCUT2D eigenvalue weighted by Gasteiger charge is 2.12. The molecule has 7 heteroatoms. The van der Waals surface area contributed by atoms with Gasteiger partial charge in [0.2, 0.25) is 0 Å². The molecule has 148 valence electrons. The van der Waals surface area contributed by atoms with Crippen LogP contribution in [0.5, 0.6) is 5.75 Å². The number of carbonyl (C=O) groups is 2. The molecule has 0 saturated heterocycles. The van der Waals surface area contributed by atoms with E-state index in [1.807, 2.05) is 24.3 Å². The minimum Gasteiger partial charge on any atom is -0.497 e. The van der Waals surface area contributed by atoms with Crippen molar-refractivity contribution >= 4 is 17.5 Å². The van der Waals surface area contributed by atoms with E-state index in [-0.39, 0.29) is 17.3 Å². The van der Waals surface area contributed by atoms with E-state index in [0.717, 1.165) is 11.3 Å². The van der Waals surface area contributed by atoms with E-state index >= 15 is 0 Å². The summed E-state index contributed by atoms with van der Waals surface area (Å²) in [5.74, 6) is -0.466. The number of halogens is 1. The molecule has 0 saturated carbocycles. The van der Waals surface area contributed by atoms with E-state index in [9.17, 15) is 14.0 Å². The lowest BCUT2D eigenvalue weighted by atomic mass is 10.1. The Morgan fingerprint density at radius 1 is 0.931 bits per heavy atom. The number of nitrogens with one attached hydrogen (secondary N) is 2. The molecule has 6 nitrogen and oxygen atoms in total. The Hall–Kier alpha value is -3.74. The van der Waals surface area contributed by atoms with Crippen LogP contribution in [0, 0.1) is 5.82 Å². The molecule has 29 heavy (non-hydrogen) atoms. The first-order valence-electron chi connectivity index (χ1n) is 9.00. The van der Waals surface area contributed by atoms with Crippen molar-refractivity contribution in [1.82, 2.24) is 10.3 Å². The van der Waals surface area contributed by atoms with Crippen LogP contribution in [0.2, 0.25) is 0 Å². The second-order valence-corrected chi connectivity index (χ2v) is 6.22. The molecule has 0 aliphatic rings. The number of amides is 2. The second kappa shape index (κ2) is 9.45. The Morgan fingerprint density at radius 2 is 1.59 bits per heavy atom. The zero-order chi connectivity index (χ0) is 20.6. The van der Waals surface area contributed by atoms with Crippen LogP contribution in [-0.2, 0) is 6.42 Å². The van der Waals surface area contributed by atoms with Crippen molar-refractivity contribution in [2.45, 2.75) is 6.42 Å². The van der Waals surface area contributed by atoms with Gasteiger partial charge in [-0.3, -0.25) is 9.59 Å². The predicted octanol–water partition coefficient (Wildman–Crippen LogP) is 3.45. The molecule has 1 heterocycles. The number of hydrogen-bond acceptors (Lipinski definition) is 4. The number of anilines is 1. The summed E-state index contributed by atoms with van der Waals surface area (Å²) in [5.41, 5.74) is 1.74. The Bertz CT molecular complexity index is 989. The van der Waals surface area contributed by atoms with Crippen molar-refractivity contribution in [1.29, 1.82) is 0 Å². The normalized spacial score (nSPS) is 10.3. The fraction of sp³-hybridized carbons (Fsp3) is 0.136. The molecule has 0 unspecified atom stereocenters. The molecular weight excluding hydrogens is 373 g/mol. The van der Waals surface area contributed by atoms with E-state index in [2.05, 4.69) is 15.6 Å². The quantitative estimate of drug-likeness (QED) is 0.644. The summed E-state index contributed by atoms with van der Waals surface area (Å²) >= 11 is 0. The third kappa shape index (κ3) is 5.62. The van der Waals surface area contributed by atoms with Crippen LogP contribution in [0.25, 0.3) is 0 Å². The average Bonchev–Trinajstić information content (AvgIpc) is 2.76. The Morgan fingerprint density at radius 3 is 2.24 bits per heavy atom. The fourth-order valence-electron chi connectivity index (χ4n) is 2.62. The lowest BCUT2D eigenvalue weighted by molar-refractivity contribution is 0.0949. The van der Waals surface area contributed by atoms with Gasteiger partial charge in [-0.1, -0.05) is 18.2 Å².